The van der Waals surface area contributed by atoms with E-state index in [2.05, 4.69) is 158 Å². The highest BCUT2D eigenvalue weighted by atomic mass is 15.4. The van der Waals surface area contributed by atoms with E-state index in [0.29, 0.717) is 4.48 Å². The quantitative estimate of drug-likeness (QED) is 0.193. The lowest BCUT2D eigenvalue weighted by Crippen LogP contribution is -2.31. The molecule has 0 amide bonds. The van der Waals surface area contributed by atoms with Crippen molar-refractivity contribution in [2.45, 2.75) is 6.92 Å². The first-order valence-corrected chi connectivity index (χ1v) is 14.6. The smallest absolute Gasteiger partial charge is 0.151 e. The monoisotopic (exact) mass is 540 g/mol. The Bertz CT molecular complexity index is 2350. The minimum atomic E-state index is 0.659. The molecule has 1 aliphatic heterocycles. The lowest BCUT2D eigenvalue weighted by atomic mass is 10.0. The number of hydrogen-bond donors (Lipinski definition) is 0. The van der Waals surface area contributed by atoms with Crippen molar-refractivity contribution in [2.24, 2.45) is 7.05 Å². The van der Waals surface area contributed by atoms with Crippen molar-refractivity contribution in [3.05, 3.63) is 133 Å². The maximum absolute atomic E-state index is 2.43. The third-order valence-electron chi connectivity index (χ3n) is 9.64. The van der Waals surface area contributed by atoms with Crippen LogP contribution in [0.1, 0.15) is 5.56 Å². The zero-order valence-electron chi connectivity index (χ0n) is 24.0. The van der Waals surface area contributed by atoms with Crippen LogP contribution >= 0.6 is 0 Å². The Morgan fingerprint density at radius 1 is 0.500 bits per heavy atom. The molecule has 42 heavy (non-hydrogen) atoms. The number of rotatable bonds is 2. The molecule has 3 heteroatoms. The van der Waals surface area contributed by atoms with Crippen LogP contribution < -0.4 is 4.48 Å². The van der Waals surface area contributed by atoms with E-state index in [1.165, 1.54) is 83.1 Å². The molecular weight excluding hydrogens is 510 g/mol. The third kappa shape index (κ3) is 2.93. The van der Waals surface area contributed by atoms with Gasteiger partial charge < -0.3 is 9.13 Å². The van der Waals surface area contributed by atoms with Crippen LogP contribution in [0.3, 0.4) is 0 Å². The van der Waals surface area contributed by atoms with Gasteiger partial charge in [-0.25, -0.2) is 4.48 Å². The Morgan fingerprint density at radius 3 is 1.88 bits per heavy atom. The number of aryl methyl sites for hydroxylation is 2. The molecule has 3 heterocycles. The summed E-state index contributed by atoms with van der Waals surface area (Å²) in [6.07, 6.45) is 0. The standard InChI is InChI=1S/C39H30N3/c1-25-16-19-31-30-12-6-9-15-38(30)42(3,39(31)22-25)27-18-21-35-33(24-27)32-23-26(17-20-34(32)40(35)2)41-36-13-7-4-10-28(36)29-11-5-8-14-37(29)41/h4-24H,1-3H3/q+1. The number of para-hydroxylation sites is 3. The highest BCUT2D eigenvalue weighted by molar-refractivity contribution is 6.12. The van der Waals surface area contributed by atoms with Crippen LogP contribution in [0.2, 0.25) is 0 Å². The van der Waals surface area contributed by atoms with Gasteiger partial charge in [-0.05, 0) is 61.0 Å². The molecule has 0 radical (unpaired) electrons. The number of benzene rings is 6. The third-order valence-corrected chi connectivity index (χ3v) is 9.64. The molecule has 0 N–H and O–H groups in total. The van der Waals surface area contributed by atoms with E-state index in [9.17, 15) is 0 Å². The van der Waals surface area contributed by atoms with E-state index >= 15 is 0 Å². The predicted molar refractivity (Wildman–Crippen MR) is 178 cm³/mol. The average Bonchev–Trinajstić information content (AvgIpc) is 3.61. The summed E-state index contributed by atoms with van der Waals surface area (Å²) in [5.74, 6) is 0. The Balaban J connectivity index is 1.32. The molecule has 0 saturated heterocycles. The second-order valence-electron chi connectivity index (χ2n) is 11.9. The van der Waals surface area contributed by atoms with Crippen LogP contribution in [0, 0.1) is 6.92 Å². The van der Waals surface area contributed by atoms with Crippen LogP contribution in [0.25, 0.3) is 60.4 Å². The van der Waals surface area contributed by atoms with Gasteiger partial charge in [0.1, 0.15) is 5.69 Å². The molecule has 0 aliphatic carbocycles. The van der Waals surface area contributed by atoms with Crippen LogP contribution in [0.15, 0.2) is 127 Å². The highest BCUT2D eigenvalue weighted by Gasteiger charge is 2.42. The fourth-order valence-corrected chi connectivity index (χ4v) is 7.55. The van der Waals surface area contributed by atoms with E-state index in [0.717, 1.165) is 0 Å². The highest BCUT2D eigenvalue weighted by Crippen LogP contribution is 2.56. The number of aromatic nitrogens is 2. The summed E-state index contributed by atoms with van der Waals surface area (Å²) in [5.41, 5.74) is 14.0. The topological polar surface area (TPSA) is 9.86 Å². The normalized spacial score (nSPS) is 16.1. The zero-order valence-corrected chi connectivity index (χ0v) is 24.0. The molecule has 9 rings (SSSR count). The van der Waals surface area contributed by atoms with E-state index in [1.807, 2.05) is 0 Å². The SMILES string of the molecule is Cc1ccc2c(c1)[N+](C)(c1ccc3c(c1)c1cc(-n4c5ccccc5c5ccccc54)ccc1n3C)c1ccccc1-2. The first kappa shape index (κ1) is 23.6. The minimum Gasteiger partial charge on any atom is -0.344 e. The van der Waals surface area contributed by atoms with Gasteiger partial charge in [0.2, 0.25) is 0 Å². The van der Waals surface area contributed by atoms with Gasteiger partial charge in [0, 0.05) is 80.7 Å². The van der Waals surface area contributed by atoms with Crippen molar-refractivity contribution >= 4 is 60.7 Å². The maximum Gasteiger partial charge on any atom is 0.151 e. The van der Waals surface area contributed by atoms with Gasteiger partial charge >= 0.3 is 0 Å². The first-order valence-electron chi connectivity index (χ1n) is 14.6. The van der Waals surface area contributed by atoms with Gasteiger partial charge in [0.15, 0.2) is 11.4 Å². The van der Waals surface area contributed by atoms with Gasteiger partial charge in [0.25, 0.3) is 0 Å². The minimum absolute atomic E-state index is 0.659. The van der Waals surface area contributed by atoms with E-state index in [1.54, 1.807) is 0 Å². The number of fused-ring (bicyclic) bond motifs is 9. The number of quaternary nitrogens is 1. The second-order valence-corrected chi connectivity index (χ2v) is 11.9. The van der Waals surface area contributed by atoms with Gasteiger partial charge in [-0.2, -0.15) is 0 Å². The van der Waals surface area contributed by atoms with Crippen molar-refractivity contribution in [2.75, 3.05) is 7.05 Å². The molecule has 8 aromatic rings. The summed E-state index contributed by atoms with van der Waals surface area (Å²) in [6.45, 7) is 2.19. The summed E-state index contributed by atoms with van der Waals surface area (Å²) in [4.78, 5) is 0. The molecule has 200 valence electrons. The van der Waals surface area contributed by atoms with Gasteiger partial charge in [0.05, 0.1) is 18.1 Å². The molecule has 1 atom stereocenters. The molecule has 0 fully saturated rings. The van der Waals surface area contributed by atoms with Crippen molar-refractivity contribution in [3.8, 4) is 16.8 Å². The van der Waals surface area contributed by atoms with Crippen molar-refractivity contribution in [1.82, 2.24) is 13.6 Å². The Morgan fingerprint density at radius 2 is 1.12 bits per heavy atom. The predicted octanol–water partition coefficient (Wildman–Crippen LogP) is 10.3. The lowest BCUT2D eigenvalue weighted by molar-refractivity contribution is 0.643. The summed E-state index contributed by atoms with van der Waals surface area (Å²) >= 11 is 0. The number of nitrogens with zero attached hydrogens (tertiary/aromatic N) is 3. The van der Waals surface area contributed by atoms with Crippen molar-refractivity contribution in [3.63, 3.8) is 0 Å². The fourth-order valence-electron chi connectivity index (χ4n) is 7.55. The lowest BCUT2D eigenvalue weighted by Gasteiger charge is -2.30. The summed E-state index contributed by atoms with van der Waals surface area (Å²) in [5, 5.41) is 5.13. The molecule has 2 aromatic heterocycles. The molecule has 3 nitrogen and oxygen atoms in total. The van der Waals surface area contributed by atoms with Crippen molar-refractivity contribution in [1.29, 1.82) is 0 Å². The Kier molecular flexibility index (Phi) is 4.61. The molecule has 1 unspecified atom stereocenters. The summed E-state index contributed by atoms with van der Waals surface area (Å²) < 4.78 is 5.41. The van der Waals surface area contributed by atoms with Crippen LogP contribution in [-0.2, 0) is 7.05 Å². The van der Waals surface area contributed by atoms with Gasteiger partial charge in [-0.3, -0.25) is 0 Å². The maximum atomic E-state index is 2.43. The molecular formula is C39H30N3+. The van der Waals surface area contributed by atoms with Crippen LogP contribution in [0.4, 0.5) is 17.1 Å². The number of hydrogen-bond acceptors (Lipinski definition) is 0. The van der Waals surface area contributed by atoms with E-state index in [4.69, 9.17) is 0 Å². The average molecular weight is 541 g/mol. The molecule has 0 bridgehead atoms. The van der Waals surface area contributed by atoms with Crippen LogP contribution in [-0.4, -0.2) is 16.2 Å². The Labute approximate surface area is 244 Å². The molecule has 1 aliphatic rings. The largest absolute Gasteiger partial charge is 0.344 e. The molecule has 0 saturated carbocycles. The summed E-state index contributed by atoms with van der Waals surface area (Å²) in [6, 6.07) is 47.2. The molecule has 6 aromatic carbocycles. The Hall–Kier alpha value is -5.12. The first-order chi connectivity index (χ1) is 20.5. The molecule has 0 spiro atoms. The summed E-state index contributed by atoms with van der Waals surface area (Å²) in [7, 11) is 4.53. The second kappa shape index (κ2) is 8.22. The fraction of sp³-hybridized carbons (Fsp3) is 0.0769. The van der Waals surface area contributed by atoms with Crippen LogP contribution in [0.5, 0.6) is 0 Å². The van der Waals surface area contributed by atoms with Gasteiger partial charge in [-0.1, -0.05) is 54.6 Å². The van der Waals surface area contributed by atoms with Crippen molar-refractivity contribution < 1.29 is 0 Å². The zero-order chi connectivity index (χ0) is 28.2. The van der Waals surface area contributed by atoms with Gasteiger partial charge in [-0.15, -0.1) is 0 Å². The van der Waals surface area contributed by atoms with E-state index < -0.39 is 0 Å². The van der Waals surface area contributed by atoms with E-state index in [-0.39, 0.29) is 0 Å².